The topological polar surface area (TPSA) is 54.1 Å². The lowest BCUT2D eigenvalue weighted by Gasteiger charge is -2.39. The number of imidazole rings is 1. The van der Waals surface area contributed by atoms with Gasteiger partial charge in [-0.05, 0) is 81.4 Å². The Morgan fingerprint density at radius 1 is 0.554 bits per heavy atom. The van der Waals surface area contributed by atoms with Crippen molar-refractivity contribution >= 4 is 61.8 Å². The SMILES string of the molecule is Cn1c(-c2cccc(Oc3cccc(-n4c5cc6c(cc5c5cccnc54)[Si](c4ccccc4)(c4ccccc4)c4ccccc4O6)c3)c2)nc2ccccc21. The maximum atomic E-state index is 6.92. The number of hydrogen-bond acceptors (Lipinski definition) is 4. The van der Waals surface area contributed by atoms with Crippen molar-refractivity contribution in [1.29, 1.82) is 0 Å². The molecule has 0 atom stereocenters. The molecule has 6 nitrogen and oxygen atoms in total. The number of para-hydroxylation sites is 3. The number of nitrogens with zero attached hydrogens (tertiary/aromatic N) is 4. The summed E-state index contributed by atoms with van der Waals surface area (Å²) in [5, 5.41) is 7.30. The first kappa shape index (κ1) is 32.2. The lowest BCUT2D eigenvalue weighted by Crippen LogP contribution is -2.76. The van der Waals surface area contributed by atoms with Crippen LogP contribution >= 0.6 is 0 Å². The second kappa shape index (κ2) is 12.7. The molecule has 3 aromatic heterocycles. The first-order valence-electron chi connectivity index (χ1n) is 18.8. The molecule has 0 fully saturated rings. The van der Waals surface area contributed by atoms with Gasteiger partial charge < -0.3 is 14.0 Å². The Morgan fingerprint density at radius 3 is 2.07 bits per heavy atom. The van der Waals surface area contributed by atoms with Crippen molar-refractivity contribution in [2.24, 2.45) is 7.05 Å². The van der Waals surface area contributed by atoms with E-state index in [0.29, 0.717) is 0 Å². The molecule has 4 heterocycles. The van der Waals surface area contributed by atoms with Gasteiger partial charge in [-0.1, -0.05) is 109 Å². The van der Waals surface area contributed by atoms with Crippen LogP contribution < -0.4 is 30.2 Å². The normalized spacial score (nSPS) is 13.0. The molecule has 0 amide bonds. The van der Waals surface area contributed by atoms with Gasteiger partial charge in [-0.3, -0.25) is 4.57 Å². The van der Waals surface area contributed by atoms with E-state index in [1.807, 2.05) is 67.8 Å². The number of aromatic nitrogens is 4. The number of rotatable bonds is 6. The summed E-state index contributed by atoms with van der Waals surface area (Å²) < 4.78 is 17.9. The molecule has 7 aromatic carbocycles. The minimum Gasteiger partial charge on any atom is -0.457 e. The molecule has 1 aliphatic heterocycles. The van der Waals surface area contributed by atoms with E-state index < -0.39 is 8.07 Å². The zero-order chi connectivity index (χ0) is 37.2. The zero-order valence-corrected chi connectivity index (χ0v) is 31.5. The van der Waals surface area contributed by atoms with E-state index in [-0.39, 0.29) is 0 Å². The van der Waals surface area contributed by atoms with Crippen LogP contribution in [0.5, 0.6) is 23.0 Å². The Labute approximate surface area is 324 Å². The summed E-state index contributed by atoms with van der Waals surface area (Å²) in [6.07, 6.45) is 1.86. The first-order chi connectivity index (χ1) is 27.7. The Balaban J connectivity index is 1.07. The Morgan fingerprint density at radius 2 is 1.27 bits per heavy atom. The van der Waals surface area contributed by atoms with Gasteiger partial charge in [0.25, 0.3) is 0 Å². The highest BCUT2D eigenvalue weighted by Crippen LogP contribution is 2.38. The van der Waals surface area contributed by atoms with Crippen molar-refractivity contribution in [2.45, 2.75) is 0 Å². The third kappa shape index (κ3) is 4.88. The second-order valence-corrected chi connectivity index (χ2v) is 18.0. The van der Waals surface area contributed by atoms with Crippen LogP contribution in [-0.4, -0.2) is 27.2 Å². The molecule has 0 saturated heterocycles. The summed E-state index contributed by atoms with van der Waals surface area (Å²) in [4.78, 5) is 9.89. The Hall–Kier alpha value is -7.22. The van der Waals surface area contributed by atoms with Crippen LogP contribution in [0.25, 0.3) is 50.0 Å². The summed E-state index contributed by atoms with van der Waals surface area (Å²) in [5.74, 6) is 4.11. The van der Waals surface area contributed by atoms with Crippen molar-refractivity contribution in [2.75, 3.05) is 0 Å². The summed E-state index contributed by atoms with van der Waals surface area (Å²) in [6.45, 7) is 0. The molecule has 0 bridgehead atoms. The van der Waals surface area contributed by atoms with Gasteiger partial charge in [0.15, 0.2) is 8.07 Å². The Kier molecular flexibility index (Phi) is 7.30. The maximum Gasteiger partial charge on any atom is 0.188 e. The first-order valence-corrected chi connectivity index (χ1v) is 20.8. The van der Waals surface area contributed by atoms with Crippen LogP contribution in [0, 0.1) is 0 Å². The summed E-state index contributed by atoms with van der Waals surface area (Å²) >= 11 is 0. The van der Waals surface area contributed by atoms with Crippen molar-refractivity contribution in [3.8, 4) is 40.1 Å². The maximum absolute atomic E-state index is 6.92. The van der Waals surface area contributed by atoms with Crippen LogP contribution in [0.2, 0.25) is 0 Å². The van der Waals surface area contributed by atoms with Gasteiger partial charge in [0, 0.05) is 41.7 Å². The van der Waals surface area contributed by atoms with Gasteiger partial charge >= 0.3 is 0 Å². The predicted molar refractivity (Wildman–Crippen MR) is 228 cm³/mol. The summed E-state index contributed by atoms with van der Waals surface area (Å²) in [6, 6.07) is 63.9. The van der Waals surface area contributed by atoms with Crippen LogP contribution in [-0.2, 0) is 7.05 Å². The monoisotopic (exact) mass is 738 g/mol. The van der Waals surface area contributed by atoms with Gasteiger partial charge in [-0.25, -0.2) is 9.97 Å². The van der Waals surface area contributed by atoms with Gasteiger partial charge in [-0.2, -0.15) is 0 Å². The van der Waals surface area contributed by atoms with Crippen LogP contribution in [0.15, 0.2) is 188 Å². The van der Waals surface area contributed by atoms with Crippen molar-refractivity contribution in [1.82, 2.24) is 19.1 Å². The average Bonchev–Trinajstić information content (AvgIpc) is 3.77. The third-order valence-electron chi connectivity index (χ3n) is 11.1. The molecule has 0 radical (unpaired) electrons. The summed E-state index contributed by atoms with van der Waals surface area (Å²) in [5.41, 5.74) is 5.87. The quantitative estimate of drug-likeness (QED) is 0.160. The molecule has 56 heavy (non-hydrogen) atoms. The van der Waals surface area contributed by atoms with Gasteiger partial charge in [0.2, 0.25) is 0 Å². The lowest BCUT2D eigenvalue weighted by atomic mass is 10.2. The fourth-order valence-electron chi connectivity index (χ4n) is 8.73. The van der Waals surface area contributed by atoms with Crippen LogP contribution in [0.4, 0.5) is 0 Å². The molecule has 0 aliphatic carbocycles. The number of ether oxygens (including phenoxy) is 2. The Bertz CT molecular complexity index is 3080. The molecule has 11 rings (SSSR count). The molecular formula is C49H34N4O2Si. The minimum absolute atomic E-state index is 0.721. The number of benzene rings is 7. The highest BCUT2D eigenvalue weighted by Gasteiger charge is 2.48. The van der Waals surface area contributed by atoms with Gasteiger partial charge in [0.05, 0.1) is 22.2 Å². The average molecular weight is 739 g/mol. The van der Waals surface area contributed by atoms with E-state index in [0.717, 1.165) is 73.0 Å². The second-order valence-electron chi connectivity index (χ2n) is 14.3. The van der Waals surface area contributed by atoms with Gasteiger partial charge in [-0.15, -0.1) is 0 Å². The highest BCUT2D eigenvalue weighted by atomic mass is 28.3. The summed E-state index contributed by atoms with van der Waals surface area (Å²) in [7, 11) is -0.777. The number of hydrogen-bond donors (Lipinski definition) is 0. The zero-order valence-electron chi connectivity index (χ0n) is 30.5. The molecule has 266 valence electrons. The molecular weight excluding hydrogens is 705 g/mol. The van der Waals surface area contributed by atoms with Crippen LogP contribution in [0.1, 0.15) is 0 Å². The fourth-order valence-corrected chi connectivity index (χ4v) is 13.7. The van der Waals surface area contributed by atoms with E-state index in [9.17, 15) is 0 Å². The molecule has 0 unspecified atom stereocenters. The fraction of sp³-hybridized carbons (Fsp3) is 0.0204. The number of fused-ring (bicyclic) bond motifs is 6. The molecule has 10 aromatic rings. The predicted octanol–water partition coefficient (Wildman–Crippen LogP) is 9.01. The van der Waals surface area contributed by atoms with E-state index in [1.165, 1.54) is 20.7 Å². The van der Waals surface area contributed by atoms with Crippen LogP contribution in [0.3, 0.4) is 0 Å². The molecule has 0 saturated carbocycles. The van der Waals surface area contributed by atoms with Crippen molar-refractivity contribution in [3.05, 3.63) is 188 Å². The largest absolute Gasteiger partial charge is 0.457 e. The number of pyridine rings is 1. The molecule has 7 heteroatoms. The van der Waals surface area contributed by atoms with Gasteiger partial charge in [0.1, 0.15) is 34.5 Å². The molecule has 0 N–H and O–H groups in total. The lowest BCUT2D eigenvalue weighted by molar-refractivity contribution is 0.482. The molecule has 1 aliphatic rings. The highest BCUT2D eigenvalue weighted by molar-refractivity contribution is 7.20. The minimum atomic E-state index is -2.83. The smallest absolute Gasteiger partial charge is 0.188 e. The van der Waals surface area contributed by atoms with Crippen molar-refractivity contribution in [3.63, 3.8) is 0 Å². The number of aryl methyl sites for hydroxylation is 1. The third-order valence-corrected chi connectivity index (χ3v) is 16.0. The van der Waals surface area contributed by atoms with E-state index in [2.05, 4.69) is 137 Å². The van der Waals surface area contributed by atoms with E-state index in [1.54, 1.807) is 0 Å². The van der Waals surface area contributed by atoms with E-state index in [4.69, 9.17) is 19.4 Å². The van der Waals surface area contributed by atoms with E-state index >= 15 is 0 Å². The molecule has 0 spiro atoms. The standard InChI is InChI=1S/C49H34N4O2Si/c1-52-42-25-9-8-24-41(42)51-48(52)33-15-12-17-35(29-33)54-36-18-13-16-34(30-36)53-43-32-45-47(31-40(43)39-23-14-28-50-49(39)53)56(37-19-4-2-5-20-37,38-21-6-3-7-22-38)46-27-11-10-26-44(46)55-45/h2-32H,1H3. The van der Waals surface area contributed by atoms with Crippen molar-refractivity contribution < 1.29 is 9.47 Å².